The second-order valence-corrected chi connectivity index (χ2v) is 4.32. The molecular weight excluding hydrogens is 273 g/mol. The third-order valence-corrected chi connectivity index (χ3v) is 2.73. The van der Waals surface area contributed by atoms with Crippen LogP contribution < -0.4 is 0 Å². The summed E-state index contributed by atoms with van der Waals surface area (Å²) in [6.07, 6.45) is 0. The monoisotopic (exact) mass is 281 g/mol. The van der Waals surface area contributed by atoms with Gasteiger partial charge in [-0.2, -0.15) is 0 Å². The quantitative estimate of drug-likeness (QED) is 0.635. The molecule has 18 heavy (non-hydrogen) atoms. The van der Waals surface area contributed by atoms with Crippen molar-refractivity contribution >= 4 is 29.2 Å². The summed E-state index contributed by atoms with van der Waals surface area (Å²) in [5.41, 5.74) is 0.920. The summed E-state index contributed by atoms with van der Waals surface area (Å²) in [6.45, 7) is 0.171. The van der Waals surface area contributed by atoms with Crippen LogP contribution in [0.5, 0.6) is 0 Å². The van der Waals surface area contributed by atoms with Gasteiger partial charge in [-0.05, 0) is 17.7 Å². The van der Waals surface area contributed by atoms with Gasteiger partial charge in [0.05, 0.1) is 5.02 Å². The van der Waals surface area contributed by atoms with Crippen molar-refractivity contribution in [3.63, 3.8) is 0 Å². The zero-order chi connectivity index (χ0) is 13.0. The van der Waals surface area contributed by atoms with Gasteiger partial charge in [-0.3, -0.25) is 0 Å². The molecule has 0 bridgehead atoms. The van der Waals surface area contributed by atoms with Crippen LogP contribution in [0.3, 0.4) is 0 Å². The van der Waals surface area contributed by atoms with Gasteiger partial charge in [0.1, 0.15) is 11.8 Å². The molecule has 0 unspecified atom stereocenters. The summed E-state index contributed by atoms with van der Waals surface area (Å²) in [5.74, 6) is -0.591. The average molecular weight is 282 g/mol. The fourth-order valence-electron chi connectivity index (χ4n) is 1.35. The highest BCUT2D eigenvalue weighted by atomic mass is 35.5. The first kappa shape index (κ1) is 12.9. The van der Waals surface area contributed by atoms with E-state index in [4.69, 9.17) is 27.9 Å². The van der Waals surface area contributed by atoms with Crippen LogP contribution in [0.15, 0.2) is 42.5 Å². The Morgan fingerprint density at radius 3 is 2.56 bits per heavy atom. The number of benzene rings is 1. The number of carbonyl (C=O) groups is 1. The second-order valence-electron chi connectivity index (χ2n) is 3.53. The van der Waals surface area contributed by atoms with E-state index in [1.807, 2.05) is 30.3 Å². The molecule has 0 radical (unpaired) electrons. The van der Waals surface area contributed by atoms with E-state index in [0.29, 0.717) is 0 Å². The predicted molar refractivity (Wildman–Crippen MR) is 69.8 cm³/mol. The Morgan fingerprint density at radius 2 is 1.83 bits per heavy atom. The van der Waals surface area contributed by atoms with Gasteiger partial charge in [-0.15, -0.1) is 0 Å². The topological polar surface area (TPSA) is 39.2 Å². The Bertz CT molecular complexity index is 558. The van der Waals surface area contributed by atoms with Crippen molar-refractivity contribution in [2.75, 3.05) is 0 Å². The van der Waals surface area contributed by atoms with Crippen molar-refractivity contribution in [3.8, 4) is 0 Å². The molecule has 0 aliphatic carbocycles. The molecule has 92 valence electrons. The lowest BCUT2D eigenvalue weighted by Gasteiger charge is -2.05. The van der Waals surface area contributed by atoms with E-state index < -0.39 is 5.97 Å². The van der Waals surface area contributed by atoms with Crippen LogP contribution >= 0.6 is 23.2 Å². The number of nitrogens with zero attached hydrogens (tertiary/aromatic N) is 1. The molecule has 0 saturated carbocycles. The molecule has 1 heterocycles. The van der Waals surface area contributed by atoms with Gasteiger partial charge in [-0.1, -0.05) is 53.5 Å². The van der Waals surface area contributed by atoms with E-state index in [0.717, 1.165) is 5.56 Å². The number of aromatic nitrogens is 1. The van der Waals surface area contributed by atoms with Crippen LogP contribution in [0.2, 0.25) is 10.2 Å². The summed E-state index contributed by atoms with van der Waals surface area (Å²) in [7, 11) is 0. The Hall–Kier alpha value is -1.58. The second kappa shape index (κ2) is 5.85. The summed E-state index contributed by atoms with van der Waals surface area (Å²) >= 11 is 11.6. The van der Waals surface area contributed by atoms with Gasteiger partial charge in [-0.25, -0.2) is 9.78 Å². The molecule has 2 rings (SSSR count). The van der Waals surface area contributed by atoms with Crippen LogP contribution in [0.25, 0.3) is 0 Å². The summed E-state index contributed by atoms with van der Waals surface area (Å²) < 4.78 is 5.11. The van der Waals surface area contributed by atoms with Crippen LogP contribution in [0, 0.1) is 0 Å². The molecule has 5 heteroatoms. The normalized spacial score (nSPS) is 10.1. The van der Waals surface area contributed by atoms with Gasteiger partial charge >= 0.3 is 5.97 Å². The lowest BCUT2D eigenvalue weighted by molar-refractivity contribution is 0.0466. The lowest BCUT2D eigenvalue weighted by atomic mass is 10.2. The number of ether oxygens (including phenoxy) is 1. The van der Waals surface area contributed by atoms with Crippen molar-refractivity contribution < 1.29 is 9.53 Å². The van der Waals surface area contributed by atoms with E-state index in [9.17, 15) is 4.79 Å². The highest BCUT2D eigenvalue weighted by molar-refractivity contribution is 6.34. The van der Waals surface area contributed by atoms with Gasteiger partial charge in [0.2, 0.25) is 0 Å². The summed E-state index contributed by atoms with van der Waals surface area (Å²) in [5, 5.41) is 0.420. The Balaban J connectivity index is 2.06. The maximum absolute atomic E-state index is 11.8. The predicted octanol–water partition coefficient (Wildman–Crippen LogP) is 3.75. The number of halogens is 2. The van der Waals surface area contributed by atoms with Crippen LogP contribution in [0.4, 0.5) is 0 Å². The molecule has 1 aromatic carbocycles. The van der Waals surface area contributed by atoms with Gasteiger partial charge in [0.25, 0.3) is 0 Å². The molecule has 3 nitrogen and oxygen atoms in total. The molecule has 2 aromatic rings. The number of rotatable bonds is 3. The minimum Gasteiger partial charge on any atom is -0.456 e. The first-order valence-electron chi connectivity index (χ1n) is 5.20. The van der Waals surface area contributed by atoms with E-state index in [1.165, 1.54) is 12.1 Å². The molecule has 0 atom stereocenters. The van der Waals surface area contributed by atoms with Crippen molar-refractivity contribution in [1.29, 1.82) is 0 Å². The smallest absolute Gasteiger partial charge is 0.358 e. The maximum atomic E-state index is 11.8. The van der Waals surface area contributed by atoms with Crippen molar-refractivity contribution in [2.24, 2.45) is 0 Å². The van der Waals surface area contributed by atoms with Gasteiger partial charge in [0.15, 0.2) is 5.69 Å². The summed E-state index contributed by atoms with van der Waals surface area (Å²) in [4.78, 5) is 15.6. The number of carbonyl (C=O) groups excluding carboxylic acids is 1. The third kappa shape index (κ3) is 3.22. The molecular formula is C13H9Cl2NO2. The van der Waals surface area contributed by atoms with Crippen molar-refractivity contribution in [3.05, 3.63) is 63.9 Å². The fourth-order valence-corrected chi connectivity index (χ4v) is 1.68. The molecule has 0 spiro atoms. The largest absolute Gasteiger partial charge is 0.456 e. The molecule has 0 fully saturated rings. The number of esters is 1. The third-order valence-electron chi connectivity index (χ3n) is 2.22. The molecule has 0 aliphatic rings. The van der Waals surface area contributed by atoms with E-state index in [2.05, 4.69) is 4.98 Å². The molecule has 1 aromatic heterocycles. The Morgan fingerprint density at radius 1 is 1.11 bits per heavy atom. The minimum atomic E-state index is -0.591. The van der Waals surface area contributed by atoms with Crippen molar-refractivity contribution in [2.45, 2.75) is 6.61 Å². The Kier molecular flexibility index (Phi) is 4.18. The minimum absolute atomic E-state index is 0.0279. The zero-order valence-corrected chi connectivity index (χ0v) is 10.8. The number of hydrogen-bond donors (Lipinski definition) is 0. The SMILES string of the molecule is O=C(OCc1ccccc1)c1nc(Cl)ccc1Cl. The molecule has 0 amide bonds. The zero-order valence-electron chi connectivity index (χ0n) is 9.27. The van der Waals surface area contributed by atoms with E-state index in [-0.39, 0.29) is 22.5 Å². The lowest BCUT2D eigenvalue weighted by Crippen LogP contribution is -2.08. The van der Waals surface area contributed by atoms with E-state index in [1.54, 1.807) is 0 Å². The average Bonchev–Trinajstić information content (AvgIpc) is 2.40. The molecule has 0 aliphatic heterocycles. The first-order valence-corrected chi connectivity index (χ1v) is 5.95. The standard InChI is InChI=1S/C13H9Cl2NO2/c14-10-6-7-11(15)16-12(10)13(17)18-8-9-4-2-1-3-5-9/h1-7H,8H2. The van der Waals surface area contributed by atoms with Gasteiger partial charge in [0, 0.05) is 0 Å². The number of pyridine rings is 1. The van der Waals surface area contributed by atoms with Crippen LogP contribution in [-0.2, 0) is 11.3 Å². The van der Waals surface area contributed by atoms with Crippen molar-refractivity contribution in [1.82, 2.24) is 4.98 Å². The van der Waals surface area contributed by atoms with Crippen LogP contribution in [0.1, 0.15) is 16.1 Å². The molecule has 0 N–H and O–H groups in total. The first-order chi connectivity index (χ1) is 8.66. The Labute approximate surface area is 114 Å². The highest BCUT2D eigenvalue weighted by Crippen LogP contribution is 2.18. The highest BCUT2D eigenvalue weighted by Gasteiger charge is 2.14. The maximum Gasteiger partial charge on any atom is 0.358 e. The number of hydrogen-bond acceptors (Lipinski definition) is 3. The fraction of sp³-hybridized carbons (Fsp3) is 0.0769. The van der Waals surface area contributed by atoms with Gasteiger partial charge < -0.3 is 4.74 Å². The van der Waals surface area contributed by atoms with E-state index >= 15 is 0 Å². The van der Waals surface area contributed by atoms with Crippen LogP contribution in [-0.4, -0.2) is 11.0 Å². The molecule has 0 saturated heterocycles. The summed E-state index contributed by atoms with van der Waals surface area (Å²) in [6, 6.07) is 12.4.